The summed E-state index contributed by atoms with van der Waals surface area (Å²) < 4.78 is 4.75. The molecule has 1 aliphatic heterocycles. The monoisotopic (exact) mass is 173 g/mol. The second-order valence-corrected chi connectivity index (χ2v) is 2.63. The van der Waals surface area contributed by atoms with Crippen LogP contribution in [-0.4, -0.2) is 41.8 Å². The summed E-state index contributed by atoms with van der Waals surface area (Å²) in [5.41, 5.74) is 0. The van der Waals surface area contributed by atoms with Gasteiger partial charge in [-0.25, -0.2) is 4.79 Å². The van der Waals surface area contributed by atoms with Crippen molar-refractivity contribution in [3.8, 4) is 0 Å². The number of nitrogens with zero attached hydrogens (tertiary/aromatic N) is 1. The number of rotatable bonds is 4. The average molecular weight is 173 g/mol. The molecule has 0 aliphatic carbocycles. The number of likely N-dealkylation sites (tertiary alicyclic amines) is 1. The van der Waals surface area contributed by atoms with Crippen LogP contribution in [0.25, 0.3) is 0 Å². The highest BCUT2D eigenvalue weighted by Crippen LogP contribution is 2.08. The van der Waals surface area contributed by atoms with E-state index in [1.54, 1.807) is 0 Å². The van der Waals surface area contributed by atoms with Crippen LogP contribution in [-0.2, 0) is 14.3 Å². The minimum absolute atomic E-state index is 0.0420. The Kier molecular flexibility index (Phi) is 3.04. The largest absolute Gasteiger partial charge is 0.480 e. The van der Waals surface area contributed by atoms with Crippen LogP contribution in [0.4, 0.5) is 0 Å². The number of hydrogen-bond donors (Lipinski definition) is 1. The Hall–Kier alpha value is -1.10. The molecule has 1 amide bonds. The minimum atomic E-state index is -1.01. The highest BCUT2D eigenvalue weighted by Gasteiger charge is 2.19. The maximum Gasteiger partial charge on any atom is 0.329 e. The molecule has 1 saturated heterocycles. The Morgan fingerprint density at radius 2 is 2.42 bits per heavy atom. The highest BCUT2D eigenvalue weighted by molar-refractivity contribution is 5.77. The van der Waals surface area contributed by atoms with Gasteiger partial charge in [-0.1, -0.05) is 0 Å². The van der Waals surface area contributed by atoms with E-state index in [4.69, 9.17) is 9.84 Å². The van der Waals surface area contributed by atoms with E-state index in [2.05, 4.69) is 0 Å². The summed E-state index contributed by atoms with van der Waals surface area (Å²) >= 11 is 0. The molecule has 0 aromatic heterocycles. The molecule has 5 nitrogen and oxygen atoms in total. The lowest BCUT2D eigenvalue weighted by Gasteiger charge is -2.13. The summed E-state index contributed by atoms with van der Waals surface area (Å²) in [5, 5.41) is 8.22. The molecule has 0 radical (unpaired) electrons. The van der Waals surface area contributed by atoms with Gasteiger partial charge in [0, 0.05) is 13.0 Å². The third kappa shape index (κ3) is 2.50. The summed E-state index contributed by atoms with van der Waals surface area (Å²) in [5.74, 6) is -0.970. The van der Waals surface area contributed by atoms with Crippen LogP contribution in [0.1, 0.15) is 12.8 Å². The van der Waals surface area contributed by atoms with Crippen LogP contribution in [0.5, 0.6) is 0 Å². The third-order valence-electron chi connectivity index (χ3n) is 1.64. The van der Waals surface area contributed by atoms with Crippen molar-refractivity contribution < 1.29 is 19.4 Å². The zero-order valence-electron chi connectivity index (χ0n) is 6.65. The second kappa shape index (κ2) is 4.06. The van der Waals surface area contributed by atoms with Gasteiger partial charge in [-0.15, -0.1) is 0 Å². The highest BCUT2D eigenvalue weighted by atomic mass is 16.5. The van der Waals surface area contributed by atoms with Crippen molar-refractivity contribution in [2.45, 2.75) is 12.8 Å². The first kappa shape index (κ1) is 8.99. The lowest BCUT2D eigenvalue weighted by molar-refractivity contribution is -0.147. The molecule has 0 aromatic carbocycles. The van der Waals surface area contributed by atoms with Crippen LogP contribution in [0.2, 0.25) is 0 Å². The molecule has 68 valence electrons. The first-order chi connectivity index (χ1) is 5.70. The van der Waals surface area contributed by atoms with E-state index in [1.807, 2.05) is 0 Å². The van der Waals surface area contributed by atoms with Crippen LogP contribution < -0.4 is 0 Å². The second-order valence-electron chi connectivity index (χ2n) is 2.63. The van der Waals surface area contributed by atoms with E-state index in [0.717, 1.165) is 6.42 Å². The topological polar surface area (TPSA) is 66.8 Å². The summed E-state index contributed by atoms with van der Waals surface area (Å²) in [4.78, 5) is 22.5. The van der Waals surface area contributed by atoms with E-state index in [-0.39, 0.29) is 19.2 Å². The summed E-state index contributed by atoms with van der Waals surface area (Å²) in [6.45, 7) is 0.438. The quantitative estimate of drug-likeness (QED) is 0.632. The van der Waals surface area contributed by atoms with Crippen LogP contribution in [0.15, 0.2) is 0 Å². The molecular weight excluding hydrogens is 162 g/mol. The zero-order valence-corrected chi connectivity index (χ0v) is 6.65. The molecule has 1 fully saturated rings. The van der Waals surface area contributed by atoms with Gasteiger partial charge in [0.1, 0.15) is 13.3 Å². The van der Waals surface area contributed by atoms with Crippen molar-refractivity contribution in [1.29, 1.82) is 0 Å². The molecule has 0 unspecified atom stereocenters. The first-order valence-electron chi connectivity index (χ1n) is 3.77. The van der Waals surface area contributed by atoms with E-state index in [0.29, 0.717) is 13.0 Å². The third-order valence-corrected chi connectivity index (χ3v) is 1.64. The molecule has 1 heterocycles. The predicted molar refractivity (Wildman–Crippen MR) is 39.4 cm³/mol. The molecule has 0 aromatic rings. The fourth-order valence-electron chi connectivity index (χ4n) is 1.08. The molecule has 1 N–H and O–H groups in total. The van der Waals surface area contributed by atoms with Crippen molar-refractivity contribution in [3.05, 3.63) is 0 Å². The van der Waals surface area contributed by atoms with Gasteiger partial charge in [0.25, 0.3) is 0 Å². The van der Waals surface area contributed by atoms with Crippen molar-refractivity contribution in [3.63, 3.8) is 0 Å². The number of ether oxygens (including phenoxy) is 1. The summed E-state index contributed by atoms with van der Waals surface area (Å²) in [6, 6.07) is 0. The molecule has 0 atom stereocenters. The molecule has 5 heteroatoms. The molecular formula is C7H11NO4. The van der Waals surface area contributed by atoms with Gasteiger partial charge < -0.3 is 14.7 Å². The maximum atomic E-state index is 10.9. The average Bonchev–Trinajstić information content (AvgIpc) is 2.36. The van der Waals surface area contributed by atoms with Gasteiger partial charge in [0.15, 0.2) is 0 Å². The minimum Gasteiger partial charge on any atom is -0.480 e. The van der Waals surface area contributed by atoms with Gasteiger partial charge in [0.05, 0.1) is 0 Å². The predicted octanol–water partition coefficient (Wildman–Crippen LogP) is -0.333. The standard InChI is InChI=1S/C7H11NO4/c9-6-2-1-3-8(6)5-12-4-7(10)11/h1-5H2,(H,10,11). The van der Waals surface area contributed by atoms with Crippen LogP contribution >= 0.6 is 0 Å². The Morgan fingerprint density at radius 3 is 2.92 bits per heavy atom. The van der Waals surface area contributed by atoms with E-state index >= 15 is 0 Å². The number of hydrogen-bond acceptors (Lipinski definition) is 3. The van der Waals surface area contributed by atoms with Crippen molar-refractivity contribution in [2.24, 2.45) is 0 Å². The lowest BCUT2D eigenvalue weighted by Crippen LogP contribution is -2.28. The number of carbonyl (C=O) groups excluding carboxylic acids is 1. The fraction of sp³-hybridized carbons (Fsp3) is 0.714. The summed E-state index contributed by atoms with van der Waals surface area (Å²) in [7, 11) is 0. The molecule has 0 spiro atoms. The molecule has 1 rings (SSSR count). The SMILES string of the molecule is O=C(O)COCN1CCCC1=O. The van der Waals surface area contributed by atoms with Gasteiger partial charge in [0.2, 0.25) is 5.91 Å². The molecule has 0 bridgehead atoms. The zero-order chi connectivity index (χ0) is 8.97. The molecule has 1 aliphatic rings. The van der Waals surface area contributed by atoms with Gasteiger partial charge in [-0.05, 0) is 6.42 Å². The number of amides is 1. The normalized spacial score (nSPS) is 17.0. The first-order valence-corrected chi connectivity index (χ1v) is 3.77. The molecule has 0 saturated carbocycles. The molecule has 12 heavy (non-hydrogen) atoms. The van der Waals surface area contributed by atoms with Crippen molar-refractivity contribution in [2.75, 3.05) is 19.9 Å². The lowest BCUT2D eigenvalue weighted by atomic mass is 10.4. The Bertz CT molecular complexity index is 192. The number of aliphatic carboxylic acids is 1. The van der Waals surface area contributed by atoms with Crippen molar-refractivity contribution >= 4 is 11.9 Å². The van der Waals surface area contributed by atoms with Crippen LogP contribution in [0.3, 0.4) is 0 Å². The summed E-state index contributed by atoms with van der Waals surface area (Å²) in [6.07, 6.45) is 1.39. The number of carboxylic acid groups (broad SMARTS) is 1. The van der Waals surface area contributed by atoms with Crippen molar-refractivity contribution in [1.82, 2.24) is 4.90 Å². The fourth-order valence-corrected chi connectivity index (χ4v) is 1.08. The maximum absolute atomic E-state index is 10.9. The van der Waals surface area contributed by atoms with Gasteiger partial charge in [-0.3, -0.25) is 4.79 Å². The Morgan fingerprint density at radius 1 is 1.67 bits per heavy atom. The van der Waals surface area contributed by atoms with E-state index < -0.39 is 5.97 Å². The van der Waals surface area contributed by atoms with Crippen LogP contribution in [0, 0.1) is 0 Å². The number of carboxylic acids is 1. The van der Waals surface area contributed by atoms with Gasteiger partial charge >= 0.3 is 5.97 Å². The van der Waals surface area contributed by atoms with Gasteiger partial charge in [-0.2, -0.15) is 0 Å². The van der Waals surface area contributed by atoms with E-state index in [1.165, 1.54) is 4.90 Å². The smallest absolute Gasteiger partial charge is 0.329 e. The Labute approximate surface area is 69.9 Å². The number of carbonyl (C=O) groups is 2. The Balaban J connectivity index is 2.14. The van der Waals surface area contributed by atoms with E-state index in [9.17, 15) is 9.59 Å².